The first-order valence-electron chi connectivity index (χ1n) is 5.08. The van der Waals surface area contributed by atoms with Crippen LogP contribution in [0.2, 0.25) is 0 Å². The van der Waals surface area contributed by atoms with Gasteiger partial charge in [-0.3, -0.25) is 4.79 Å². The number of hydrogen-bond donors (Lipinski definition) is 3. The Morgan fingerprint density at radius 2 is 2.29 bits per heavy atom. The fourth-order valence-electron chi connectivity index (χ4n) is 1.22. The summed E-state index contributed by atoms with van der Waals surface area (Å²) >= 11 is 5.42. The van der Waals surface area contributed by atoms with Crippen LogP contribution < -0.4 is 10.6 Å². The molecule has 1 atom stereocenters. The second kappa shape index (κ2) is 6.42. The smallest absolute Gasteiger partial charge is 0.221 e. The molecule has 0 aliphatic rings. The highest BCUT2D eigenvalue weighted by Crippen LogP contribution is 2.19. The summed E-state index contributed by atoms with van der Waals surface area (Å²) in [5.74, 6) is -0.621. The van der Waals surface area contributed by atoms with Crippen molar-refractivity contribution in [1.82, 2.24) is 0 Å². The summed E-state index contributed by atoms with van der Waals surface area (Å²) in [4.78, 5) is 10.8. The van der Waals surface area contributed by atoms with Gasteiger partial charge in [-0.15, -0.1) is 11.6 Å². The van der Waals surface area contributed by atoms with Gasteiger partial charge in [0.25, 0.3) is 0 Å². The molecule has 4 nitrogen and oxygen atoms in total. The van der Waals surface area contributed by atoms with Gasteiger partial charge in [0.05, 0.1) is 17.7 Å². The maximum Gasteiger partial charge on any atom is 0.221 e. The number of aliphatic hydroxyl groups is 1. The molecule has 6 heteroatoms. The standard InChI is InChI=1S/C11H14ClFN2O2/c1-7(16)15-8-2-3-10(13)11(4-8)14-6-9(17)5-12/h2-4,9,14,17H,5-6H2,1H3,(H,15,16). The number of alkyl halides is 1. The van der Waals surface area contributed by atoms with Crippen molar-refractivity contribution in [2.24, 2.45) is 0 Å². The number of amides is 1. The van der Waals surface area contributed by atoms with Gasteiger partial charge in [0.2, 0.25) is 5.91 Å². The Hall–Kier alpha value is -1.33. The Morgan fingerprint density at radius 1 is 1.59 bits per heavy atom. The SMILES string of the molecule is CC(=O)Nc1ccc(F)c(NCC(O)CCl)c1. The van der Waals surface area contributed by atoms with Crippen molar-refractivity contribution in [3.8, 4) is 0 Å². The van der Waals surface area contributed by atoms with Crippen molar-refractivity contribution >= 4 is 28.9 Å². The maximum absolute atomic E-state index is 13.4. The van der Waals surface area contributed by atoms with Gasteiger partial charge in [-0.25, -0.2) is 4.39 Å². The van der Waals surface area contributed by atoms with Gasteiger partial charge in [0.1, 0.15) is 5.82 Å². The number of carbonyl (C=O) groups excluding carboxylic acids is 1. The van der Waals surface area contributed by atoms with Crippen LogP contribution in [0.15, 0.2) is 18.2 Å². The third kappa shape index (κ3) is 4.58. The van der Waals surface area contributed by atoms with Gasteiger partial charge in [-0.2, -0.15) is 0 Å². The second-order valence-corrected chi connectivity index (χ2v) is 3.87. The van der Waals surface area contributed by atoms with Crippen LogP contribution in [0, 0.1) is 5.82 Å². The Balaban J connectivity index is 2.72. The molecule has 1 amide bonds. The van der Waals surface area contributed by atoms with Gasteiger partial charge in [0.15, 0.2) is 0 Å². The number of anilines is 2. The molecule has 1 rings (SSSR count). The normalized spacial score (nSPS) is 12.0. The highest BCUT2D eigenvalue weighted by Gasteiger charge is 2.07. The number of carbonyl (C=O) groups is 1. The van der Waals surface area contributed by atoms with E-state index < -0.39 is 11.9 Å². The van der Waals surface area contributed by atoms with E-state index in [1.807, 2.05) is 0 Å². The Morgan fingerprint density at radius 3 is 2.88 bits per heavy atom. The number of halogens is 2. The number of benzene rings is 1. The molecule has 3 N–H and O–H groups in total. The molecule has 1 unspecified atom stereocenters. The molecule has 0 fully saturated rings. The fourth-order valence-corrected chi connectivity index (χ4v) is 1.33. The van der Waals surface area contributed by atoms with Gasteiger partial charge >= 0.3 is 0 Å². The Kier molecular flexibility index (Phi) is 5.18. The van der Waals surface area contributed by atoms with Gasteiger partial charge in [-0.1, -0.05) is 0 Å². The summed E-state index contributed by atoms with van der Waals surface area (Å²) in [6.07, 6.45) is -0.750. The van der Waals surface area contributed by atoms with E-state index in [9.17, 15) is 14.3 Å². The van der Waals surface area contributed by atoms with Crippen LogP contribution in [-0.4, -0.2) is 29.5 Å². The first kappa shape index (κ1) is 13.7. The molecule has 0 saturated heterocycles. The molecule has 0 aromatic heterocycles. The van der Waals surface area contributed by atoms with E-state index in [2.05, 4.69) is 10.6 Å². The van der Waals surface area contributed by atoms with Crippen LogP contribution in [-0.2, 0) is 4.79 Å². The lowest BCUT2D eigenvalue weighted by atomic mass is 10.2. The van der Waals surface area contributed by atoms with Crippen LogP contribution in [0.5, 0.6) is 0 Å². The molecule has 94 valence electrons. The van der Waals surface area contributed by atoms with Crippen molar-refractivity contribution in [2.45, 2.75) is 13.0 Å². The zero-order chi connectivity index (χ0) is 12.8. The van der Waals surface area contributed by atoms with E-state index in [4.69, 9.17) is 11.6 Å². The summed E-state index contributed by atoms with van der Waals surface area (Å²) in [7, 11) is 0. The number of rotatable bonds is 5. The summed E-state index contributed by atoms with van der Waals surface area (Å²) < 4.78 is 13.4. The van der Waals surface area contributed by atoms with E-state index in [1.165, 1.54) is 25.1 Å². The minimum Gasteiger partial charge on any atom is -0.390 e. The number of hydrogen-bond acceptors (Lipinski definition) is 3. The molecular weight excluding hydrogens is 247 g/mol. The topological polar surface area (TPSA) is 61.4 Å². The molecule has 17 heavy (non-hydrogen) atoms. The third-order valence-electron chi connectivity index (χ3n) is 1.99. The lowest BCUT2D eigenvalue weighted by Crippen LogP contribution is -2.21. The summed E-state index contributed by atoms with van der Waals surface area (Å²) in [6, 6.07) is 4.15. The monoisotopic (exact) mass is 260 g/mol. The molecule has 0 bridgehead atoms. The van der Waals surface area contributed by atoms with Crippen LogP contribution in [0.3, 0.4) is 0 Å². The van der Waals surface area contributed by atoms with E-state index in [1.54, 1.807) is 0 Å². The Bertz CT molecular complexity index is 401. The van der Waals surface area contributed by atoms with E-state index in [-0.39, 0.29) is 24.0 Å². The molecule has 1 aromatic carbocycles. The zero-order valence-corrected chi connectivity index (χ0v) is 10.1. The highest BCUT2D eigenvalue weighted by molar-refractivity contribution is 6.18. The van der Waals surface area contributed by atoms with Crippen molar-refractivity contribution in [3.63, 3.8) is 0 Å². The summed E-state index contributed by atoms with van der Waals surface area (Å²) in [5, 5.41) is 14.5. The van der Waals surface area contributed by atoms with Crippen molar-refractivity contribution in [2.75, 3.05) is 23.1 Å². The molecular formula is C11H14ClFN2O2. The number of nitrogens with one attached hydrogen (secondary N) is 2. The summed E-state index contributed by atoms with van der Waals surface area (Å²) in [5.41, 5.74) is 0.696. The molecule has 0 spiro atoms. The number of aliphatic hydroxyl groups excluding tert-OH is 1. The molecule has 0 radical (unpaired) electrons. The highest BCUT2D eigenvalue weighted by atomic mass is 35.5. The van der Waals surface area contributed by atoms with Crippen molar-refractivity contribution < 1.29 is 14.3 Å². The minimum atomic E-state index is -0.750. The quantitative estimate of drug-likeness (QED) is 0.708. The molecule has 0 aliphatic carbocycles. The second-order valence-electron chi connectivity index (χ2n) is 3.56. The van der Waals surface area contributed by atoms with E-state index in [0.717, 1.165) is 0 Å². The van der Waals surface area contributed by atoms with Crippen LogP contribution in [0.1, 0.15) is 6.92 Å². The predicted octanol–water partition coefficient (Wildman–Crippen LogP) is 1.80. The first-order chi connectivity index (χ1) is 8.02. The average molecular weight is 261 g/mol. The van der Waals surface area contributed by atoms with Crippen LogP contribution in [0.4, 0.5) is 15.8 Å². The van der Waals surface area contributed by atoms with Crippen molar-refractivity contribution in [3.05, 3.63) is 24.0 Å². The van der Waals surface area contributed by atoms with Gasteiger partial charge in [0, 0.05) is 19.2 Å². The maximum atomic E-state index is 13.4. The van der Waals surface area contributed by atoms with Gasteiger partial charge < -0.3 is 15.7 Å². The third-order valence-corrected chi connectivity index (χ3v) is 2.35. The molecule has 0 saturated carbocycles. The van der Waals surface area contributed by atoms with Gasteiger partial charge in [-0.05, 0) is 18.2 Å². The van der Waals surface area contributed by atoms with Crippen LogP contribution >= 0.6 is 11.6 Å². The lowest BCUT2D eigenvalue weighted by molar-refractivity contribution is -0.114. The molecule has 0 heterocycles. The molecule has 0 aliphatic heterocycles. The first-order valence-corrected chi connectivity index (χ1v) is 5.61. The van der Waals surface area contributed by atoms with E-state index in [0.29, 0.717) is 5.69 Å². The van der Waals surface area contributed by atoms with Crippen molar-refractivity contribution in [1.29, 1.82) is 0 Å². The average Bonchev–Trinajstić information content (AvgIpc) is 2.28. The summed E-state index contributed by atoms with van der Waals surface area (Å²) in [6.45, 7) is 1.51. The minimum absolute atomic E-state index is 0.0695. The van der Waals surface area contributed by atoms with E-state index >= 15 is 0 Å². The van der Waals surface area contributed by atoms with Crippen LogP contribution in [0.25, 0.3) is 0 Å². The Labute approximate surface area is 104 Å². The molecule has 1 aromatic rings. The lowest BCUT2D eigenvalue weighted by Gasteiger charge is -2.12. The predicted molar refractivity (Wildman–Crippen MR) is 65.9 cm³/mol. The zero-order valence-electron chi connectivity index (χ0n) is 9.34. The fraction of sp³-hybridized carbons (Fsp3) is 0.364. The largest absolute Gasteiger partial charge is 0.390 e.